The lowest BCUT2D eigenvalue weighted by Gasteiger charge is -2.05. The third kappa shape index (κ3) is 28.3. The Labute approximate surface area is 188 Å². The first kappa shape index (κ1) is 29.3. The second-order valence-corrected chi connectivity index (χ2v) is 9.41. The van der Waals surface area contributed by atoms with Gasteiger partial charge < -0.3 is 9.47 Å². The van der Waals surface area contributed by atoms with Gasteiger partial charge in [-0.1, -0.05) is 103 Å². The van der Waals surface area contributed by atoms with E-state index in [9.17, 15) is 0 Å². The van der Waals surface area contributed by atoms with Crippen LogP contribution < -0.4 is 0 Å². The molecule has 0 fully saturated rings. The summed E-state index contributed by atoms with van der Waals surface area (Å²) >= 11 is 2.09. The zero-order valence-corrected chi connectivity index (χ0v) is 20.6. The van der Waals surface area contributed by atoms with Crippen molar-refractivity contribution in [2.24, 2.45) is 0 Å². The smallest absolute Gasteiger partial charge is 0.0700 e. The van der Waals surface area contributed by atoms with Gasteiger partial charge >= 0.3 is 0 Å². The standard InChI is InChI=1S/C26H52O2S/c1-3-5-6-7-8-9-10-11-12-13-14-15-16-17-18-20-25-29-26-21-19-22-28-24-23-27-4-2/h19H,2-18,20-26H2,1H3. The molecule has 0 bridgehead atoms. The molecule has 0 spiro atoms. The zero-order chi connectivity index (χ0) is 21.1. The van der Waals surface area contributed by atoms with Crippen molar-refractivity contribution in [1.82, 2.24) is 0 Å². The number of hydrogen-bond donors (Lipinski definition) is 0. The number of ether oxygens (including phenoxy) is 2. The molecule has 3 heteroatoms. The Morgan fingerprint density at radius 2 is 1.10 bits per heavy atom. The summed E-state index contributed by atoms with van der Waals surface area (Å²) in [5, 5.41) is 0. The molecule has 0 aromatic heterocycles. The van der Waals surface area contributed by atoms with Gasteiger partial charge in [-0.25, -0.2) is 0 Å². The first-order valence-corrected chi connectivity index (χ1v) is 13.9. The Morgan fingerprint density at radius 1 is 0.621 bits per heavy atom. The lowest BCUT2D eigenvalue weighted by atomic mass is 10.0. The molecule has 2 radical (unpaired) electrons. The Hall–Kier alpha value is 0.270. The van der Waals surface area contributed by atoms with Crippen molar-refractivity contribution in [2.45, 2.75) is 116 Å². The summed E-state index contributed by atoms with van der Waals surface area (Å²) in [7, 11) is 0. The van der Waals surface area contributed by atoms with E-state index in [0.29, 0.717) is 19.8 Å². The lowest BCUT2D eigenvalue weighted by molar-refractivity contribution is 0.0662. The van der Waals surface area contributed by atoms with Gasteiger partial charge in [0.05, 0.1) is 13.2 Å². The normalized spacial score (nSPS) is 11.4. The molecular weight excluding hydrogens is 376 g/mol. The van der Waals surface area contributed by atoms with Crippen molar-refractivity contribution < 1.29 is 9.47 Å². The lowest BCUT2D eigenvalue weighted by Crippen LogP contribution is -2.05. The maximum absolute atomic E-state index is 5.46. The quantitative estimate of drug-likeness (QED) is 0.129. The SMILES string of the molecule is [CH2]COCCOC[CH]CCSCCCCCCCCCCCCCCCCCC. The molecule has 0 aromatic rings. The van der Waals surface area contributed by atoms with E-state index in [2.05, 4.69) is 32.0 Å². The van der Waals surface area contributed by atoms with E-state index in [1.807, 2.05) is 0 Å². The van der Waals surface area contributed by atoms with Gasteiger partial charge in [0.15, 0.2) is 0 Å². The van der Waals surface area contributed by atoms with Crippen LogP contribution in [0.2, 0.25) is 0 Å². The molecular formula is C26H52O2S. The average molecular weight is 429 g/mol. The molecule has 0 aromatic carbocycles. The summed E-state index contributed by atoms with van der Waals surface area (Å²) in [6.45, 7) is 8.54. The van der Waals surface area contributed by atoms with Crippen LogP contribution in [0, 0.1) is 13.3 Å². The second kappa shape index (κ2) is 28.3. The molecule has 0 rings (SSSR count). The highest BCUT2D eigenvalue weighted by Gasteiger charge is 1.96. The highest BCUT2D eigenvalue weighted by molar-refractivity contribution is 7.99. The van der Waals surface area contributed by atoms with Crippen molar-refractivity contribution >= 4 is 11.8 Å². The molecule has 29 heavy (non-hydrogen) atoms. The molecule has 2 nitrogen and oxygen atoms in total. The number of unbranched alkanes of at least 4 members (excludes halogenated alkanes) is 16. The molecule has 0 heterocycles. The summed E-state index contributed by atoms with van der Waals surface area (Å²) < 4.78 is 10.6. The van der Waals surface area contributed by atoms with Crippen molar-refractivity contribution in [2.75, 3.05) is 37.9 Å². The van der Waals surface area contributed by atoms with Crippen LogP contribution in [0.5, 0.6) is 0 Å². The van der Waals surface area contributed by atoms with Crippen molar-refractivity contribution in [3.05, 3.63) is 13.3 Å². The fraction of sp³-hybridized carbons (Fsp3) is 0.923. The first-order valence-electron chi connectivity index (χ1n) is 12.8. The van der Waals surface area contributed by atoms with E-state index in [-0.39, 0.29) is 0 Å². The molecule has 174 valence electrons. The van der Waals surface area contributed by atoms with Crippen LogP contribution in [-0.2, 0) is 9.47 Å². The second-order valence-electron chi connectivity index (χ2n) is 8.18. The van der Waals surface area contributed by atoms with Crippen molar-refractivity contribution in [1.29, 1.82) is 0 Å². The number of thioether (sulfide) groups is 1. The van der Waals surface area contributed by atoms with Crippen LogP contribution >= 0.6 is 11.8 Å². The third-order valence-corrected chi connectivity index (χ3v) is 6.46. The van der Waals surface area contributed by atoms with Gasteiger partial charge in [-0.2, -0.15) is 11.8 Å². The minimum atomic E-state index is 0.531. The van der Waals surface area contributed by atoms with Gasteiger partial charge in [-0.15, -0.1) is 0 Å². The minimum Gasteiger partial charge on any atom is -0.379 e. The van der Waals surface area contributed by atoms with Gasteiger partial charge in [0.1, 0.15) is 0 Å². The van der Waals surface area contributed by atoms with Crippen molar-refractivity contribution in [3.8, 4) is 0 Å². The summed E-state index contributed by atoms with van der Waals surface area (Å²) in [6.07, 6.45) is 26.6. The number of rotatable bonds is 26. The highest BCUT2D eigenvalue weighted by atomic mass is 32.2. The fourth-order valence-corrected chi connectivity index (χ4v) is 4.44. The number of hydrogen-bond acceptors (Lipinski definition) is 3. The van der Waals surface area contributed by atoms with E-state index in [1.165, 1.54) is 114 Å². The van der Waals surface area contributed by atoms with Crippen LogP contribution in [0.1, 0.15) is 116 Å². The molecule has 0 aliphatic carbocycles. The minimum absolute atomic E-state index is 0.531. The monoisotopic (exact) mass is 428 g/mol. The van der Waals surface area contributed by atoms with Gasteiger partial charge in [0.25, 0.3) is 0 Å². The van der Waals surface area contributed by atoms with Gasteiger partial charge in [0.2, 0.25) is 0 Å². The topological polar surface area (TPSA) is 18.5 Å². The predicted octanol–water partition coefficient (Wildman–Crippen LogP) is 8.44. The van der Waals surface area contributed by atoms with E-state index >= 15 is 0 Å². The molecule has 0 atom stereocenters. The predicted molar refractivity (Wildman–Crippen MR) is 133 cm³/mol. The van der Waals surface area contributed by atoms with Gasteiger partial charge in [0, 0.05) is 13.2 Å². The average Bonchev–Trinajstić information content (AvgIpc) is 2.74. The first-order chi connectivity index (χ1) is 14.4. The Kier molecular flexibility index (Phi) is 28.5. The van der Waals surface area contributed by atoms with Crippen LogP contribution in [0.3, 0.4) is 0 Å². The molecule has 0 amide bonds. The molecule has 0 saturated carbocycles. The Morgan fingerprint density at radius 3 is 1.62 bits per heavy atom. The highest BCUT2D eigenvalue weighted by Crippen LogP contribution is 2.14. The van der Waals surface area contributed by atoms with Crippen LogP contribution in [-0.4, -0.2) is 37.9 Å². The van der Waals surface area contributed by atoms with Crippen LogP contribution in [0.15, 0.2) is 0 Å². The van der Waals surface area contributed by atoms with Crippen LogP contribution in [0.4, 0.5) is 0 Å². The summed E-state index contributed by atoms with van der Waals surface area (Å²) in [5.74, 6) is 2.56. The summed E-state index contributed by atoms with van der Waals surface area (Å²) in [5.41, 5.74) is 0. The molecule has 0 aliphatic rings. The summed E-state index contributed by atoms with van der Waals surface area (Å²) in [4.78, 5) is 0. The largest absolute Gasteiger partial charge is 0.379 e. The molecule has 0 aliphatic heterocycles. The Bertz CT molecular complexity index is 247. The van der Waals surface area contributed by atoms with Crippen molar-refractivity contribution in [3.63, 3.8) is 0 Å². The van der Waals surface area contributed by atoms with E-state index in [1.54, 1.807) is 0 Å². The van der Waals surface area contributed by atoms with Gasteiger partial charge in [-0.05, 0) is 37.7 Å². The maximum atomic E-state index is 5.46. The van der Waals surface area contributed by atoms with E-state index in [4.69, 9.17) is 9.47 Å². The van der Waals surface area contributed by atoms with Crippen LogP contribution in [0.25, 0.3) is 0 Å². The molecule has 0 N–H and O–H groups in total. The zero-order valence-electron chi connectivity index (χ0n) is 19.8. The molecule has 0 saturated heterocycles. The maximum Gasteiger partial charge on any atom is 0.0700 e. The third-order valence-electron chi connectivity index (χ3n) is 5.36. The fourth-order valence-electron chi connectivity index (χ4n) is 3.49. The van der Waals surface area contributed by atoms with E-state index in [0.717, 1.165) is 13.0 Å². The summed E-state index contributed by atoms with van der Waals surface area (Å²) in [6, 6.07) is 0. The Balaban J connectivity index is 2.97. The van der Waals surface area contributed by atoms with Gasteiger partial charge in [-0.3, -0.25) is 0 Å². The van der Waals surface area contributed by atoms with E-state index < -0.39 is 0 Å². The molecule has 0 unspecified atom stereocenters.